The van der Waals surface area contributed by atoms with E-state index < -0.39 is 0 Å². The number of methoxy groups -OCH3 is 1. The van der Waals surface area contributed by atoms with Gasteiger partial charge in [0.1, 0.15) is 28.4 Å². The molecular formula is C26H20FN5O2. The first-order valence-corrected chi connectivity index (χ1v) is 10.6. The van der Waals surface area contributed by atoms with E-state index >= 15 is 0 Å². The summed E-state index contributed by atoms with van der Waals surface area (Å²) in [7, 11) is 1.61. The van der Waals surface area contributed by atoms with Crippen molar-refractivity contribution in [2.75, 3.05) is 12.4 Å². The smallest absolute Gasteiger partial charge is 0.229 e. The number of hydrogen-bond acceptors (Lipinski definition) is 5. The van der Waals surface area contributed by atoms with Gasteiger partial charge >= 0.3 is 0 Å². The van der Waals surface area contributed by atoms with Crippen molar-refractivity contribution in [3.05, 3.63) is 90.6 Å². The Morgan fingerprint density at radius 3 is 2.59 bits per heavy atom. The zero-order valence-electron chi connectivity index (χ0n) is 18.2. The number of fused-ring (bicyclic) bond motifs is 1. The molecule has 1 amide bonds. The molecule has 0 unspecified atom stereocenters. The molecule has 5 aromatic rings. The first kappa shape index (κ1) is 21.3. The molecule has 168 valence electrons. The number of anilines is 1. The van der Waals surface area contributed by atoms with E-state index in [9.17, 15) is 9.18 Å². The van der Waals surface area contributed by atoms with Gasteiger partial charge in [0.2, 0.25) is 5.91 Å². The highest BCUT2D eigenvalue weighted by Gasteiger charge is 2.20. The predicted molar refractivity (Wildman–Crippen MR) is 128 cm³/mol. The van der Waals surface area contributed by atoms with Crippen molar-refractivity contribution >= 4 is 22.8 Å². The van der Waals surface area contributed by atoms with Crippen LogP contribution in [0.25, 0.3) is 33.5 Å². The number of carbonyl (C=O) groups is 1. The predicted octanol–water partition coefficient (Wildman–Crippen LogP) is 5.02. The summed E-state index contributed by atoms with van der Waals surface area (Å²) >= 11 is 0. The summed E-state index contributed by atoms with van der Waals surface area (Å²) in [5.74, 6) is 0.471. The van der Waals surface area contributed by atoms with Gasteiger partial charge in [-0.15, -0.1) is 0 Å². The van der Waals surface area contributed by atoms with Gasteiger partial charge in [0, 0.05) is 30.2 Å². The topological polar surface area (TPSA) is 92.8 Å². The lowest BCUT2D eigenvalue weighted by Gasteiger charge is -2.08. The molecule has 0 aliphatic rings. The summed E-state index contributed by atoms with van der Waals surface area (Å²) in [4.78, 5) is 29.3. The Morgan fingerprint density at radius 2 is 1.82 bits per heavy atom. The van der Waals surface area contributed by atoms with E-state index in [0.717, 1.165) is 33.5 Å². The van der Waals surface area contributed by atoms with Gasteiger partial charge in [-0.2, -0.15) is 0 Å². The van der Waals surface area contributed by atoms with Gasteiger partial charge in [0.15, 0.2) is 0 Å². The van der Waals surface area contributed by atoms with E-state index in [-0.39, 0.29) is 18.1 Å². The van der Waals surface area contributed by atoms with Crippen molar-refractivity contribution < 1.29 is 13.9 Å². The number of H-pyrrole nitrogens is 1. The van der Waals surface area contributed by atoms with Crippen LogP contribution in [-0.2, 0) is 11.2 Å². The number of rotatable bonds is 6. The molecule has 0 saturated carbocycles. The molecule has 4 aromatic heterocycles. The molecule has 8 heteroatoms. The number of aromatic nitrogens is 4. The molecule has 0 aliphatic heterocycles. The van der Waals surface area contributed by atoms with Crippen LogP contribution in [-0.4, -0.2) is 33.0 Å². The summed E-state index contributed by atoms with van der Waals surface area (Å²) in [6.07, 6.45) is 5.16. The van der Waals surface area contributed by atoms with Crippen LogP contribution in [0, 0.1) is 5.82 Å². The molecule has 0 atom stereocenters. The van der Waals surface area contributed by atoms with Gasteiger partial charge in [-0.3, -0.25) is 14.8 Å². The Balaban J connectivity index is 1.52. The van der Waals surface area contributed by atoms with Crippen molar-refractivity contribution in [3.8, 4) is 28.3 Å². The highest BCUT2D eigenvalue weighted by atomic mass is 19.1. The Kier molecular flexibility index (Phi) is 5.70. The lowest BCUT2D eigenvalue weighted by molar-refractivity contribution is -0.115. The molecule has 0 fully saturated rings. The molecule has 1 aromatic carbocycles. The zero-order chi connectivity index (χ0) is 23.5. The number of benzene rings is 1. The quantitative estimate of drug-likeness (QED) is 0.377. The summed E-state index contributed by atoms with van der Waals surface area (Å²) in [5, 5.41) is 2.82. The van der Waals surface area contributed by atoms with Crippen molar-refractivity contribution in [1.29, 1.82) is 0 Å². The van der Waals surface area contributed by atoms with Crippen LogP contribution in [0.2, 0.25) is 0 Å². The standard InChI is InChI=1S/C26H20FN5O2/c1-34-20-10-13-30-26-23(19-4-2-3-11-28-19)24(32-25(20)26)17-9-12-29-21(15-17)31-22(33)14-16-5-7-18(27)8-6-16/h2-13,15,32H,14H2,1H3,(H,29,31,33). The second-order valence-corrected chi connectivity index (χ2v) is 7.61. The molecule has 7 nitrogen and oxygen atoms in total. The highest BCUT2D eigenvalue weighted by molar-refractivity contribution is 6.03. The van der Waals surface area contributed by atoms with Crippen molar-refractivity contribution in [2.45, 2.75) is 6.42 Å². The van der Waals surface area contributed by atoms with E-state index in [1.54, 1.807) is 50.0 Å². The van der Waals surface area contributed by atoms with Gasteiger partial charge < -0.3 is 15.0 Å². The fourth-order valence-electron chi connectivity index (χ4n) is 3.84. The molecule has 34 heavy (non-hydrogen) atoms. The fourth-order valence-corrected chi connectivity index (χ4v) is 3.84. The van der Waals surface area contributed by atoms with Crippen LogP contribution in [0.1, 0.15) is 5.56 Å². The van der Waals surface area contributed by atoms with Gasteiger partial charge in [0.05, 0.1) is 30.5 Å². The number of carbonyl (C=O) groups excluding carboxylic acids is 1. The second kappa shape index (κ2) is 9.11. The van der Waals surface area contributed by atoms with E-state index in [1.807, 2.05) is 24.3 Å². The molecule has 0 radical (unpaired) electrons. The first-order valence-electron chi connectivity index (χ1n) is 10.6. The Bertz CT molecular complexity index is 1470. The van der Waals surface area contributed by atoms with E-state index in [4.69, 9.17) is 4.74 Å². The number of nitrogens with one attached hydrogen (secondary N) is 2. The third-order valence-electron chi connectivity index (χ3n) is 5.38. The largest absolute Gasteiger partial charge is 0.494 e. The van der Waals surface area contributed by atoms with Crippen molar-refractivity contribution in [1.82, 2.24) is 19.9 Å². The van der Waals surface area contributed by atoms with Gasteiger partial charge in [-0.1, -0.05) is 18.2 Å². The van der Waals surface area contributed by atoms with Crippen molar-refractivity contribution in [2.24, 2.45) is 0 Å². The highest BCUT2D eigenvalue weighted by Crippen LogP contribution is 2.39. The van der Waals surface area contributed by atoms with E-state index in [2.05, 4.69) is 25.3 Å². The Labute approximate surface area is 194 Å². The number of ether oxygens (including phenoxy) is 1. The number of nitrogens with zero attached hydrogens (tertiary/aromatic N) is 3. The van der Waals surface area contributed by atoms with Crippen LogP contribution >= 0.6 is 0 Å². The first-order chi connectivity index (χ1) is 16.6. The molecule has 0 bridgehead atoms. The van der Waals surface area contributed by atoms with Crippen LogP contribution in [0.3, 0.4) is 0 Å². The van der Waals surface area contributed by atoms with Crippen LogP contribution in [0.5, 0.6) is 5.75 Å². The van der Waals surface area contributed by atoms with Crippen LogP contribution in [0.4, 0.5) is 10.2 Å². The minimum atomic E-state index is -0.341. The van der Waals surface area contributed by atoms with Crippen molar-refractivity contribution in [3.63, 3.8) is 0 Å². The maximum absolute atomic E-state index is 13.1. The zero-order valence-corrected chi connectivity index (χ0v) is 18.2. The molecule has 4 heterocycles. The average molecular weight is 453 g/mol. The SMILES string of the molecule is COc1ccnc2c(-c3ccccn3)c(-c3ccnc(NC(=O)Cc4ccc(F)cc4)c3)[nH]c12. The number of aromatic amines is 1. The fraction of sp³-hybridized carbons (Fsp3) is 0.0769. The maximum atomic E-state index is 13.1. The molecule has 0 aliphatic carbocycles. The minimum absolute atomic E-state index is 0.110. The van der Waals surface area contributed by atoms with Crippen LogP contribution in [0.15, 0.2) is 79.3 Å². The number of halogens is 1. The van der Waals surface area contributed by atoms with E-state index in [0.29, 0.717) is 17.1 Å². The van der Waals surface area contributed by atoms with Crippen LogP contribution < -0.4 is 10.1 Å². The van der Waals surface area contributed by atoms with E-state index in [1.165, 1.54) is 12.1 Å². The summed E-state index contributed by atoms with van der Waals surface area (Å²) in [6.45, 7) is 0. The maximum Gasteiger partial charge on any atom is 0.229 e. The molecule has 5 rings (SSSR count). The van der Waals surface area contributed by atoms with Gasteiger partial charge in [0.25, 0.3) is 0 Å². The third kappa shape index (κ3) is 4.21. The van der Waals surface area contributed by atoms with Gasteiger partial charge in [-0.25, -0.2) is 9.37 Å². The number of hydrogen-bond donors (Lipinski definition) is 2. The van der Waals surface area contributed by atoms with Gasteiger partial charge in [-0.05, 0) is 42.0 Å². The monoisotopic (exact) mass is 453 g/mol. The third-order valence-corrected chi connectivity index (χ3v) is 5.38. The number of pyridine rings is 3. The summed E-state index contributed by atoms with van der Waals surface area (Å²) < 4.78 is 18.6. The summed E-state index contributed by atoms with van der Waals surface area (Å²) in [6, 6.07) is 16.9. The molecular weight excluding hydrogens is 433 g/mol. The second-order valence-electron chi connectivity index (χ2n) is 7.61. The number of amides is 1. The minimum Gasteiger partial charge on any atom is -0.494 e. The lowest BCUT2D eigenvalue weighted by Crippen LogP contribution is -2.15. The lowest BCUT2D eigenvalue weighted by atomic mass is 10.0. The molecule has 0 saturated heterocycles. The summed E-state index contributed by atoms with van der Waals surface area (Å²) in [5.41, 5.74) is 5.34. The average Bonchev–Trinajstić information content (AvgIpc) is 3.26. The Morgan fingerprint density at radius 1 is 1.00 bits per heavy atom. The Hall–Kier alpha value is -4.59. The molecule has 2 N–H and O–H groups in total. The molecule has 0 spiro atoms. The normalized spacial score (nSPS) is 10.9.